The number of likely N-dealkylation sites (N-methyl/N-ethyl adjacent to an activating group) is 2. The first-order chi connectivity index (χ1) is 10.4. The van der Waals surface area contributed by atoms with Crippen LogP contribution >= 0.6 is 11.3 Å². The van der Waals surface area contributed by atoms with Gasteiger partial charge in [-0.2, -0.15) is 0 Å². The smallest absolute Gasteiger partial charge is 0.265 e. The first-order valence-electron chi connectivity index (χ1n) is 7.65. The summed E-state index contributed by atoms with van der Waals surface area (Å²) in [5, 5.41) is 11.1. The summed E-state index contributed by atoms with van der Waals surface area (Å²) < 4.78 is 0. The van der Waals surface area contributed by atoms with Gasteiger partial charge in [-0.05, 0) is 20.9 Å². The van der Waals surface area contributed by atoms with Crippen LogP contribution < -0.4 is 0 Å². The van der Waals surface area contributed by atoms with Gasteiger partial charge in [0.15, 0.2) is 0 Å². The number of aromatic nitrogens is 1. The van der Waals surface area contributed by atoms with Crippen molar-refractivity contribution in [1.82, 2.24) is 19.7 Å². The minimum absolute atomic E-state index is 0.0551. The summed E-state index contributed by atoms with van der Waals surface area (Å²) in [6, 6.07) is 0. The lowest BCUT2D eigenvalue weighted by Crippen LogP contribution is -2.48. The van der Waals surface area contributed by atoms with E-state index in [4.69, 9.17) is 0 Å². The summed E-state index contributed by atoms with van der Waals surface area (Å²) in [6.07, 6.45) is -0.522. The molecule has 0 aromatic carbocycles. The predicted molar refractivity (Wildman–Crippen MR) is 88.5 cm³/mol. The van der Waals surface area contributed by atoms with Gasteiger partial charge in [0.05, 0.1) is 16.8 Å². The molecule has 1 aromatic rings. The maximum Gasteiger partial charge on any atom is 0.265 e. The number of piperazine rings is 1. The second-order valence-corrected chi connectivity index (χ2v) is 7.29. The second kappa shape index (κ2) is 7.50. The predicted octanol–water partition coefficient (Wildman–Crippen LogP) is 0.440. The Balaban J connectivity index is 1.84. The zero-order valence-electron chi connectivity index (χ0n) is 13.9. The zero-order chi connectivity index (χ0) is 16.3. The molecular weight excluding hydrogens is 300 g/mol. The minimum Gasteiger partial charge on any atom is -0.390 e. The molecule has 124 valence electrons. The number of carbonyl (C=O) groups excluding carboxylic acids is 1. The van der Waals surface area contributed by atoms with E-state index in [0.29, 0.717) is 18.0 Å². The Morgan fingerprint density at radius 3 is 2.55 bits per heavy atom. The second-order valence-electron chi connectivity index (χ2n) is 6.09. The van der Waals surface area contributed by atoms with E-state index in [-0.39, 0.29) is 5.91 Å². The fourth-order valence-corrected chi connectivity index (χ4v) is 3.60. The number of nitrogens with zero attached hydrogens (tertiary/aromatic N) is 4. The number of aliphatic hydroxyl groups is 1. The van der Waals surface area contributed by atoms with Crippen LogP contribution in [0.2, 0.25) is 0 Å². The summed E-state index contributed by atoms with van der Waals surface area (Å²) in [6.45, 7) is 8.72. The van der Waals surface area contributed by atoms with E-state index in [1.54, 1.807) is 11.9 Å². The van der Waals surface area contributed by atoms with E-state index in [0.717, 1.165) is 36.9 Å². The van der Waals surface area contributed by atoms with Crippen molar-refractivity contribution in [3.8, 4) is 0 Å². The first kappa shape index (κ1) is 17.3. The number of β-amino-alcohol motifs (C(OH)–C–C–N with tert-alkyl or cyclic N) is 1. The molecule has 0 radical (unpaired) electrons. The summed E-state index contributed by atoms with van der Waals surface area (Å²) >= 11 is 1.41. The Hall–Kier alpha value is -1.02. The topological polar surface area (TPSA) is 59.9 Å². The summed E-state index contributed by atoms with van der Waals surface area (Å²) in [5.41, 5.74) is 0.771. The van der Waals surface area contributed by atoms with Crippen LogP contribution in [0.4, 0.5) is 0 Å². The number of aryl methyl sites for hydroxylation is 2. The van der Waals surface area contributed by atoms with Gasteiger partial charge in [-0.3, -0.25) is 9.69 Å². The van der Waals surface area contributed by atoms with E-state index in [2.05, 4.69) is 21.8 Å². The standard InChI is InChI=1S/C15H26N4O2S/c1-11-14(22-12(2)16-11)15(21)18(4)9-13(20)10-19-7-5-17(3)6-8-19/h13,20H,5-10H2,1-4H3. The van der Waals surface area contributed by atoms with Crippen molar-refractivity contribution in [2.24, 2.45) is 0 Å². The minimum atomic E-state index is -0.522. The summed E-state index contributed by atoms with van der Waals surface area (Å²) in [5.74, 6) is -0.0551. The average molecular weight is 326 g/mol. The van der Waals surface area contributed by atoms with Crippen molar-refractivity contribution >= 4 is 17.2 Å². The molecule has 1 N–H and O–H groups in total. The maximum absolute atomic E-state index is 12.4. The van der Waals surface area contributed by atoms with Gasteiger partial charge >= 0.3 is 0 Å². The fraction of sp³-hybridized carbons (Fsp3) is 0.733. The van der Waals surface area contributed by atoms with Crippen LogP contribution in [-0.4, -0.2) is 90.2 Å². The molecular formula is C15H26N4O2S. The SMILES string of the molecule is Cc1nc(C)c(C(=O)N(C)CC(O)CN2CCN(C)CC2)s1. The molecule has 1 amide bonds. The lowest BCUT2D eigenvalue weighted by atomic mass is 10.2. The van der Waals surface area contributed by atoms with Crippen LogP contribution in [-0.2, 0) is 0 Å². The third kappa shape index (κ3) is 4.49. The van der Waals surface area contributed by atoms with Gasteiger partial charge in [-0.25, -0.2) is 4.98 Å². The van der Waals surface area contributed by atoms with Crippen molar-refractivity contribution in [3.63, 3.8) is 0 Å². The van der Waals surface area contributed by atoms with E-state index >= 15 is 0 Å². The quantitative estimate of drug-likeness (QED) is 0.851. The van der Waals surface area contributed by atoms with Crippen LogP contribution in [0.15, 0.2) is 0 Å². The Bertz CT molecular complexity index is 512. The molecule has 0 saturated carbocycles. The molecule has 1 aromatic heterocycles. The highest BCUT2D eigenvalue weighted by atomic mass is 32.1. The number of carbonyl (C=O) groups is 1. The number of hydrogen-bond donors (Lipinski definition) is 1. The molecule has 2 rings (SSSR count). The molecule has 1 unspecified atom stereocenters. The Labute approximate surface area is 136 Å². The van der Waals surface area contributed by atoms with Crippen molar-refractivity contribution in [1.29, 1.82) is 0 Å². The van der Waals surface area contributed by atoms with Gasteiger partial charge in [0, 0.05) is 46.3 Å². The largest absolute Gasteiger partial charge is 0.390 e. The maximum atomic E-state index is 12.4. The monoisotopic (exact) mass is 326 g/mol. The lowest BCUT2D eigenvalue weighted by molar-refractivity contribution is 0.0504. The highest BCUT2D eigenvalue weighted by molar-refractivity contribution is 7.13. The van der Waals surface area contributed by atoms with E-state index in [1.807, 2.05) is 13.8 Å². The number of rotatable bonds is 5. The summed E-state index contributed by atoms with van der Waals surface area (Å²) in [7, 11) is 3.85. The number of aliphatic hydroxyl groups excluding tert-OH is 1. The van der Waals surface area contributed by atoms with Crippen molar-refractivity contribution in [2.45, 2.75) is 20.0 Å². The Morgan fingerprint density at radius 1 is 1.36 bits per heavy atom. The third-order valence-electron chi connectivity index (χ3n) is 3.99. The van der Waals surface area contributed by atoms with E-state index in [1.165, 1.54) is 11.3 Å². The Kier molecular flexibility index (Phi) is 5.91. The zero-order valence-corrected chi connectivity index (χ0v) is 14.7. The van der Waals surface area contributed by atoms with Gasteiger partial charge in [-0.15, -0.1) is 11.3 Å². The molecule has 1 fully saturated rings. The number of amides is 1. The Morgan fingerprint density at radius 2 is 2.00 bits per heavy atom. The van der Waals surface area contributed by atoms with E-state index < -0.39 is 6.10 Å². The molecule has 1 atom stereocenters. The van der Waals surface area contributed by atoms with Crippen LogP contribution in [0.3, 0.4) is 0 Å². The molecule has 7 heteroatoms. The van der Waals surface area contributed by atoms with Crippen LogP contribution in [0.25, 0.3) is 0 Å². The summed E-state index contributed by atoms with van der Waals surface area (Å²) in [4.78, 5) is 23.5. The van der Waals surface area contributed by atoms with Gasteiger partial charge in [0.2, 0.25) is 0 Å². The highest BCUT2D eigenvalue weighted by Gasteiger charge is 2.22. The molecule has 0 bridgehead atoms. The third-order valence-corrected chi connectivity index (χ3v) is 5.05. The average Bonchev–Trinajstić information content (AvgIpc) is 2.79. The molecule has 2 heterocycles. The fourth-order valence-electron chi connectivity index (χ4n) is 2.69. The number of hydrogen-bond acceptors (Lipinski definition) is 6. The highest BCUT2D eigenvalue weighted by Crippen LogP contribution is 2.18. The van der Waals surface area contributed by atoms with Crippen LogP contribution in [0.1, 0.15) is 20.4 Å². The van der Waals surface area contributed by atoms with Gasteiger partial charge in [0.1, 0.15) is 4.88 Å². The van der Waals surface area contributed by atoms with Crippen molar-refractivity contribution in [2.75, 3.05) is 53.4 Å². The molecule has 1 aliphatic rings. The van der Waals surface area contributed by atoms with Gasteiger partial charge in [-0.1, -0.05) is 0 Å². The van der Waals surface area contributed by atoms with Crippen molar-refractivity contribution in [3.05, 3.63) is 15.6 Å². The molecule has 1 saturated heterocycles. The molecule has 0 aliphatic carbocycles. The molecule has 22 heavy (non-hydrogen) atoms. The molecule has 0 spiro atoms. The van der Waals surface area contributed by atoms with Crippen molar-refractivity contribution < 1.29 is 9.90 Å². The first-order valence-corrected chi connectivity index (χ1v) is 8.47. The molecule has 1 aliphatic heterocycles. The van der Waals surface area contributed by atoms with Gasteiger partial charge in [0.25, 0.3) is 5.91 Å². The normalized spacial score (nSPS) is 18.4. The molecule has 6 nitrogen and oxygen atoms in total. The number of thiazole rings is 1. The van der Waals surface area contributed by atoms with E-state index in [9.17, 15) is 9.90 Å². The lowest BCUT2D eigenvalue weighted by Gasteiger charge is -2.34. The van der Waals surface area contributed by atoms with Crippen LogP contribution in [0.5, 0.6) is 0 Å². The van der Waals surface area contributed by atoms with Crippen LogP contribution in [0, 0.1) is 13.8 Å². The van der Waals surface area contributed by atoms with Gasteiger partial charge < -0.3 is 14.9 Å².